The number of rotatable bonds is 8. The molecule has 2 unspecified atom stereocenters. The van der Waals surface area contributed by atoms with Gasteiger partial charge < -0.3 is 20.1 Å². The summed E-state index contributed by atoms with van der Waals surface area (Å²) in [5.41, 5.74) is 0. The molecule has 1 aliphatic rings. The average Bonchev–Trinajstić information content (AvgIpc) is 2.56. The van der Waals surface area contributed by atoms with Crippen LogP contribution in [0.25, 0.3) is 0 Å². The van der Waals surface area contributed by atoms with Crippen LogP contribution >= 0.6 is 0 Å². The molecule has 0 saturated carbocycles. The van der Waals surface area contributed by atoms with Gasteiger partial charge >= 0.3 is 0 Å². The highest BCUT2D eigenvalue weighted by molar-refractivity contribution is 4.78. The average molecular weight is 258 g/mol. The van der Waals surface area contributed by atoms with E-state index < -0.39 is 0 Å². The smallest absolute Gasteiger partial charge is 0.0616 e. The van der Waals surface area contributed by atoms with E-state index >= 15 is 0 Å². The van der Waals surface area contributed by atoms with Gasteiger partial charge in [0.25, 0.3) is 0 Å². The number of hydrogen-bond donors (Lipinski definition) is 2. The van der Waals surface area contributed by atoms with Crippen molar-refractivity contribution in [3.63, 3.8) is 0 Å². The summed E-state index contributed by atoms with van der Waals surface area (Å²) in [6.45, 7) is 6.83. The van der Waals surface area contributed by atoms with Gasteiger partial charge in [-0.3, -0.25) is 0 Å². The van der Waals surface area contributed by atoms with Crippen molar-refractivity contribution in [2.75, 3.05) is 40.0 Å². The molecule has 0 aromatic heterocycles. The van der Waals surface area contributed by atoms with Crippen LogP contribution in [0.1, 0.15) is 39.0 Å². The fraction of sp³-hybridized carbons (Fsp3) is 1.00. The van der Waals surface area contributed by atoms with Gasteiger partial charge in [0.2, 0.25) is 0 Å². The SMILES string of the molecule is CCCN1CCCC(NC(CCO)COC)CC1. The lowest BCUT2D eigenvalue weighted by molar-refractivity contribution is 0.140. The molecule has 0 aliphatic carbocycles. The van der Waals surface area contributed by atoms with E-state index in [4.69, 9.17) is 9.84 Å². The number of aliphatic hydroxyl groups is 1. The van der Waals surface area contributed by atoms with Gasteiger partial charge in [0.1, 0.15) is 0 Å². The molecular weight excluding hydrogens is 228 g/mol. The van der Waals surface area contributed by atoms with Crippen LogP contribution in [0.4, 0.5) is 0 Å². The maximum atomic E-state index is 9.06. The second-order valence-electron chi connectivity index (χ2n) is 5.30. The molecule has 2 N–H and O–H groups in total. The molecule has 1 aliphatic heterocycles. The molecule has 1 fully saturated rings. The molecule has 0 aromatic carbocycles. The molecule has 0 aromatic rings. The zero-order valence-corrected chi connectivity index (χ0v) is 12.0. The van der Waals surface area contributed by atoms with Crippen molar-refractivity contribution in [3.05, 3.63) is 0 Å². The van der Waals surface area contributed by atoms with E-state index in [-0.39, 0.29) is 6.61 Å². The van der Waals surface area contributed by atoms with Gasteiger partial charge in [0, 0.05) is 25.8 Å². The van der Waals surface area contributed by atoms with Crippen LogP contribution in [-0.2, 0) is 4.74 Å². The van der Waals surface area contributed by atoms with Crippen molar-refractivity contribution in [2.24, 2.45) is 0 Å². The predicted molar refractivity (Wildman–Crippen MR) is 74.9 cm³/mol. The number of ether oxygens (including phenoxy) is 1. The summed E-state index contributed by atoms with van der Waals surface area (Å²) < 4.78 is 5.20. The Bertz CT molecular complexity index is 196. The minimum absolute atomic E-state index is 0.232. The van der Waals surface area contributed by atoms with Gasteiger partial charge in [0.05, 0.1) is 6.61 Å². The van der Waals surface area contributed by atoms with E-state index in [1.807, 2.05) is 0 Å². The molecule has 0 bridgehead atoms. The lowest BCUT2D eigenvalue weighted by Gasteiger charge is -2.24. The first-order valence-corrected chi connectivity index (χ1v) is 7.38. The number of nitrogens with one attached hydrogen (secondary N) is 1. The summed E-state index contributed by atoms with van der Waals surface area (Å²) in [7, 11) is 1.72. The topological polar surface area (TPSA) is 44.7 Å². The molecule has 1 saturated heterocycles. The Morgan fingerprint density at radius 2 is 2.22 bits per heavy atom. The summed E-state index contributed by atoms with van der Waals surface area (Å²) in [6.07, 6.45) is 5.76. The lowest BCUT2D eigenvalue weighted by Crippen LogP contribution is -2.42. The van der Waals surface area contributed by atoms with Crippen LogP contribution in [0.2, 0.25) is 0 Å². The number of hydrogen-bond acceptors (Lipinski definition) is 4. The number of aliphatic hydroxyl groups excluding tert-OH is 1. The Balaban J connectivity index is 2.32. The minimum atomic E-state index is 0.232. The largest absolute Gasteiger partial charge is 0.396 e. The number of methoxy groups -OCH3 is 1. The standard InChI is InChI=1S/C14H30N2O2/c1-3-8-16-9-4-5-13(6-10-16)15-14(7-11-17)12-18-2/h13-15,17H,3-12H2,1-2H3. The van der Waals surface area contributed by atoms with Gasteiger partial charge in [-0.15, -0.1) is 0 Å². The third-order valence-electron chi connectivity index (χ3n) is 3.68. The zero-order chi connectivity index (χ0) is 13.2. The van der Waals surface area contributed by atoms with Crippen molar-refractivity contribution >= 4 is 0 Å². The van der Waals surface area contributed by atoms with Gasteiger partial charge in [-0.1, -0.05) is 6.92 Å². The second-order valence-corrected chi connectivity index (χ2v) is 5.30. The maximum absolute atomic E-state index is 9.06. The first-order valence-electron chi connectivity index (χ1n) is 7.38. The molecule has 1 heterocycles. The Hall–Kier alpha value is -0.160. The molecule has 0 spiro atoms. The Kier molecular flexibility index (Phi) is 8.59. The second kappa shape index (κ2) is 9.73. The molecule has 4 heteroatoms. The van der Waals surface area contributed by atoms with Gasteiger partial charge in [-0.25, -0.2) is 0 Å². The van der Waals surface area contributed by atoms with Crippen molar-refractivity contribution in [3.8, 4) is 0 Å². The van der Waals surface area contributed by atoms with Crippen LogP contribution < -0.4 is 5.32 Å². The lowest BCUT2D eigenvalue weighted by atomic mass is 10.1. The fourth-order valence-electron chi connectivity index (χ4n) is 2.77. The quantitative estimate of drug-likeness (QED) is 0.687. The van der Waals surface area contributed by atoms with Crippen molar-refractivity contribution in [2.45, 2.75) is 51.1 Å². The van der Waals surface area contributed by atoms with Crippen molar-refractivity contribution < 1.29 is 9.84 Å². The molecule has 1 rings (SSSR count). The molecule has 18 heavy (non-hydrogen) atoms. The van der Waals surface area contributed by atoms with E-state index in [1.54, 1.807) is 7.11 Å². The number of nitrogens with zero attached hydrogens (tertiary/aromatic N) is 1. The van der Waals surface area contributed by atoms with Crippen LogP contribution in [0.15, 0.2) is 0 Å². The maximum Gasteiger partial charge on any atom is 0.0616 e. The first kappa shape index (κ1) is 15.9. The van der Waals surface area contributed by atoms with Gasteiger partial charge in [-0.2, -0.15) is 0 Å². The zero-order valence-electron chi connectivity index (χ0n) is 12.0. The summed E-state index contributed by atoms with van der Waals surface area (Å²) in [6, 6.07) is 0.876. The Morgan fingerprint density at radius 3 is 2.89 bits per heavy atom. The summed E-state index contributed by atoms with van der Waals surface area (Å²) >= 11 is 0. The number of likely N-dealkylation sites (tertiary alicyclic amines) is 1. The highest BCUT2D eigenvalue weighted by Gasteiger charge is 2.19. The highest BCUT2D eigenvalue weighted by atomic mass is 16.5. The third kappa shape index (κ3) is 6.14. The van der Waals surface area contributed by atoms with Crippen LogP contribution in [0.5, 0.6) is 0 Å². The van der Waals surface area contributed by atoms with Crippen molar-refractivity contribution in [1.82, 2.24) is 10.2 Å². The molecule has 2 atom stereocenters. The van der Waals surface area contributed by atoms with E-state index in [1.165, 1.54) is 45.3 Å². The molecule has 108 valence electrons. The third-order valence-corrected chi connectivity index (χ3v) is 3.68. The fourth-order valence-corrected chi connectivity index (χ4v) is 2.77. The van der Waals surface area contributed by atoms with E-state index in [0.717, 1.165) is 6.42 Å². The minimum Gasteiger partial charge on any atom is -0.396 e. The predicted octanol–water partition coefficient (Wildman–Crippen LogP) is 1.24. The van der Waals surface area contributed by atoms with Crippen LogP contribution in [0.3, 0.4) is 0 Å². The van der Waals surface area contributed by atoms with E-state index in [9.17, 15) is 0 Å². The highest BCUT2D eigenvalue weighted by Crippen LogP contribution is 2.12. The summed E-state index contributed by atoms with van der Waals surface area (Å²) in [4.78, 5) is 2.57. The van der Waals surface area contributed by atoms with E-state index in [2.05, 4.69) is 17.1 Å². The normalized spacial score (nSPS) is 23.8. The first-order chi connectivity index (χ1) is 8.80. The molecule has 0 amide bonds. The molecular formula is C14H30N2O2. The molecule has 4 nitrogen and oxygen atoms in total. The Labute approximate surface area is 112 Å². The van der Waals surface area contributed by atoms with E-state index in [0.29, 0.717) is 18.7 Å². The Morgan fingerprint density at radius 1 is 1.39 bits per heavy atom. The molecule has 0 radical (unpaired) electrons. The van der Waals surface area contributed by atoms with Gasteiger partial charge in [0.15, 0.2) is 0 Å². The van der Waals surface area contributed by atoms with Gasteiger partial charge in [-0.05, 0) is 51.7 Å². The van der Waals surface area contributed by atoms with Crippen molar-refractivity contribution in [1.29, 1.82) is 0 Å². The monoisotopic (exact) mass is 258 g/mol. The van der Waals surface area contributed by atoms with Crippen LogP contribution in [-0.4, -0.2) is 62.0 Å². The van der Waals surface area contributed by atoms with Crippen LogP contribution in [0, 0.1) is 0 Å². The summed E-state index contributed by atoms with van der Waals surface area (Å²) in [5.74, 6) is 0. The summed E-state index contributed by atoms with van der Waals surface area (Å²) in [5, 5.41) is 12.7.